The van der Waals surface area contributed by atoms with Gasteiger partial charge in [-0.05, 0) is 56.9 Å². The number of rotatable bonds is 9. The summed E-state index contributed by atoms with van der Waals surface area (Å²) >= 11 is 1.22. The molecule has 0 unspecified atom stereocenters. The van der Waals surface area contributed by atoms with E-state index in [2.05, 4.69) is 22.1 Å². The predicted octanol–water partition coefficient (Wildman–Crippen LogP) is 6.27. The molecule has 1 saturated carbocycles. The van der Waals surface area contributed by atoms with E-state index in [4.69, 9.17) is 4.52 Å². The Morgan fingerprint density at radius 3 is 2.61 bits per heavy atom. The first-order chi connectivity index (χ1) is 15.8. The lowest BCUT2D eigenvalue weighted by molar-refractivity contribution is 0.305. The normalized spacial score (nSPS) is 16.1. The second-order valence-electron chi connectivity index (χ2n) is 9.10. The third-order valence-electron chi connectivity index (χ3n) is 6.44. The Hall–Kier alpha value is -2.16. The molecule has 1 fully saturated rings. The molecule has 0 amide bonds. The Morgan fingerprint density at radius 2 is 1.88 bits per heavy atom. The average Bonchev–Trinajstić information content (AvgIpc) is 3.40. The van der Waals surface area contributed by atoms with Gasteiger partial charge in [-0.25, -0.2) is 8.42 Å². The van der Waals surface area contributed by atoms with E-state index in [1.54, 1.807) is 6.07 Å². The second kappa shape index (κ2) is 10.4. The van der Waals surface area contributed by atoms with E-state index in [-0.39, 0.29) is 4.21 Å². The summed E-state index contributed by atoms with van der Waals surface area (Å²) < 4.78 is 34.6. The number of nitrogens with zero attached hydrogens (tertiary/aromatic N) is 1. The molecule has 1 aliphatic carbocycles. The maximum absolute atomic E-state index is 13.1. The number of benzene rings is 1. The van der Waals surface area contributed by atoms with Crippen LogP contribution in [-0.4, -0.2) is 19.6 Å². The summed E-state index contributed by atoms with van der Waals surface area (Å²) in [5, 5.41) is 7.57. The van der Waals surface area contributed by atoms with Crippen molar-refractivity contribution in [2.45, 2.75) is 76.1 Å². The Bertz CT molecular complexity index is 1160. The van der Waals surface area contributed by atoms with Crippen LogP contribution in [0.25, 0.3) is 10.4 Å². The molecule has 33 heavy (non-hydrogen) atoms. The van der Waals surface area contributed by atoms with Crippen LogP contribution >= 0.6 is 11.3 Å². The number of hydrogen-bond donors (Lipinski definition) is 2. The van der Waals surface area contributed by atoms with Crippen LogP contribution in [0.4, 0.5) is 5.69 Å². The van der Waals surface area contributed by atoms with E-state index in [9.17, 15) is 8.42 Å². The number of anilines is 1. The zero-order valence-electron chi connectivity index (χ0n) is 19.6. The summed E-state index contributed by atoms with van der Waals surface area (Å²) in [6, 6.07) is 11.4. The predicted molar refractivity (Wildman–Crippen MR) is 134 cm³/mol. The highest BCUT2D eigenvalue weighted by molar-refractivity contribution is 7.94. The van der Waals surface area contributed by atoms with Gasteiger partial charge in [0, 0.05) is 17.5 Å². The van der Waals surface area contributed by atoms with Gasteiger partial charge >= 0.3 is 0 Å². The van der Waals surface area contributed by atoms with Crippen LogP contribution in [0.1, 0.15) is 62.5 Å². The smallest absolute Gasteiger partial charge is 0.271 e. The van der Waals surface area contributed by atoms with Crippen molar-refractivity contribution in [1.82, 2.24) is 10.5 Å². The lowest BCUT2D eigenvalue weighted by Gasteiger charge is -2.25. The minimum absolute atomic E-state index is 0.269. The molecule has 6 nitrogen and oxygen atoms in total. The molecule has 1 aromatic carbocycles. The molecule has 0 spiro atoms. The van der Waals surface area contributed by atoms with Crippen molar-refractivity contribution >= 4 is 27.0 Å². The molecule has 1 atom stereocenters. The van der Waals surface area contributed by atoms with Crippen LogP contribution in [0.5, 0.6) is 0 Å². The molecule has 1 aliphatic rings. The van der Waals surface area contributed by atoms with Crippen LogP contribution < -0.4 is 10.0 Å². The van der Waals surface area contributed by atoms with Crippen molar-refractivity contribution in [3.05, 3.63) is 53.4 Å². The lowest BCUT2D eigenvalue weighted by Crippen LogP contribution is -2.29. The van der Waals surface area contributed by atoms with Gasteiger partial charge in [0.1, 0.15) is 9.97 Å². The molecule has 2 N–H and O–H groups in total. The molecule has 3 aromatic rings. The number of thiophene rings is 1. The average molecular weight is 488 g/mol. The van der Waals surface area contributed by atoms with Crippen molar-refractivity contribution in [2.24, 2.45) is 5.92 Å². The van der Waals surface area contributed by atoms with Crippen LogP contribution in [0.3, 0.4) is 0 Å². The SMILES string of the molecule is Cc1noc(C)c1-c1ccc(S(=O)(=O)Nc2ccccc2CN[C@@H](C)CC2CCCCC2)s1. The Morgan fingerprint density at radius 1 is 1.12 bits per heavy atom. The van der Waals surface area contributed by atoms with Crippen LogP contribution in [0.2, 0.25) is 0 Å². The van der Waals surface area contributed by atoms with Gasteiger partial charge in [0.05, 0.1) is 16.9 Å². The Kier molecular flexibility index (Phi) is 7.56. The number of aryl methyl sites for hydroxylation is 2. The molecule has 0 aliphatic heterocycles. The number of nitrogens with one attached hydrogen (secondary N) is 2. The van der Waals surface area contributed by atoms with Crippen molar-refractivity contribution in [2.75, 3.05) is 4.72 Å². The fourth-order valence-electron chi connectivity index (χ4n) is 4.69. The maximum Gasteiger partial charge on any atom is 0.271 e. The van der Waals surface area contributed by atoms with Gasteiger partial charge < -0.3 is 9.84 Å². The number of aromatic nitrogens is 1. The zero-order chi connectivity index (χ0) is 23.4. The van der Waals surface area contributed by atoms with E-state index in [1.165, 1.54) is 49.9 Å². The molecule has 0 saturated heterocycles. The molecule has 0 bridgehead atoms. The zero-order valence-corrected chi connectivity index (χ0v) is 21.2. The highest BCUT2D eigenvalue weighted by Crippen LogP contribution is 2.35. The first-order valence-corrected chi connectivity index (χ1v) is 14.0. The van der Waals surface area contributed by atoms with Crippen LogP contribution in [0.15, 0.2) is 45.1 Å². The van der Waals surface area contributed by atoms with E-state index in [1.807, 2.05) is 44.2 Å². The van der Waals surface area contributed by atoms with Gasteiger partial charge in [0.25, 0.3) is 10.0 Å². The van der Waals surface area contributed by atoms with E-state index < -0.39 is 10.0 Å². The van der Waals surface area contributed by atoms with Gasteiger partial charge in [-0.15, -0.1) is 11.3 Å². The van der Waals surface area contributed by atoms with Gasteiger partial charge in [0.15, 0.2) is 0 Å². The third kappa shape index (κ3) is 5.86. The molecule has 2 aromatic heterocycles. The fraction of sp³-hybridized carbons (Fsp3) is 0.480. The van der Waals surface area contributed by atoms with Crippen molar-refractivity contribution in [3.8, 4) is 10.4 Å². The summed E-state index contributed by atoms with van der Waals surface area (Å²) in [7, 11) is -3.70. The molecular formula is C25H33N3O3S2. The molecule has 2 heterocycles. The monoisotopic (exact) mass is 487 g/mol. The van der Waals surface area contributed by atoms with Crippen LogP contribution in [-0.2, 0) is 16.6 Å². The summed E-state index contributed by atoms with van der Waals surface area (Å²) in [6.07, 6.45) is 7.91. The second-order valence-corrected chi connectivity index (χ2v) is 12.1. The third-order valence-corrected chi connectivity index (χ3v) is 9.40. The summed E-state index contributed by atoms with van der Waals surface area (Å²) in [4.78, 5) is 0.832. The minimum Gasteiger partial charge on any atom is -0.361 e. The Labute approximate surface area is 200 Å². The minimum atomic E-state index is -3.70. The van der Waals surface area contributed by atoms with Gasteiger partial charge in [-0.3, -0.25) is 4.72 Å². The van der Waals surface area contributed by atoms with Gasteiger partial charge in [0.2, 0.25) is 0 Å². The van der Waals surface area contributed by atoms with Crippen molar-refractivity contribution in [1.29, 1.82) is 0 Å². The van der Waals surface area contributed by atoms with Gasteiger partial charge in [-0.2, -0.15) is 0 Å². The topological polar surface area (TPSA) is 84.2 Å². The lowest BCUT2D eigenvalue weighted by atomic mass is 9.85. The van der Waals surface area contributed by atoms with Crippen LogP contribution in [0, 0.1) is 19.8 Å². The fourth-order valence-corrected chi connectivity index (χ4v) is 7.25. The number of sulfonamides is 1. The summed E-state index contributed by atoms with van der Waals surface area (Å²) in [5.41, 5.74) is 3.17. The number of para-hydroxylation sites is 1. The standard InChI is InChI=1S/C25H33N3O3S2/c1-17(15-20-9-5-4-6-10-20)26-16-21-11-7-8-12-22(21)28-33(29,30)24-14-13-23(32-24)25-18(2)27-31-19(25)3/h7-8,11-14,17,20,26,28H,4-6,9-10,15-16H2,1-3H3/t17-/m0/s1. The molecule has 4 rings (SSSR count). The number of hydrogen-bond acceptors (Lipinski definition) is 6. The van der Waals surface area contributed by atoms with Crippen molar-refractivity contribution < 1.29 is 12.9 Å². The molecule has 0 radical (unpaired) electrons. The molecule has 8 heteroatoms. The van der Waals surface area contributed by atoms with Crippen molar-refractivity contribution in [3.63, 3.8) is 0 Å². The largest absolute Gasteiger partial charge is 0.361 e. The quantitative estimate of drug-likeness (QED) is 0.372. The highest BCUT2D eigenvalue weighted by Gasteiger charge is 2.22. The van der Waals surface area contributed by atoms with E-state index in [0.29, 0.717) is 24.0 Å². The molecular weight excluding hydrogens is 454 g/mol. The van der Waals surface area contributed by atoms with E-state index in [0.717, 1.165) is 27.6 Å². The highest BCUT2D eigenvalue weighted by atomic mass is 32.2. The Balaban J connectivity index is 1.43. The first kappa shape index (κ1) is 24.0. The molecule has 178 valence electrons. The maximum atomic E-state index is 13.1. The summed E-state index contributed by atoms with van der Waals surface area (Å²) in [6.45, 7) is 6.54. The van der Waals surface area contributed by atoms with Gasteiger partial charge in [-0.1, -0.05) is 55.5 Å². The summed E-state index contributed by atoms with van der Waals surface area (Å²) in [5.74, 6) is 1.49. The first-order valence-electron chi connectivity index (χ1n) is 11.7. The van der Waals surface area contributed by atoms with E-state index >= 15 is 0 Å².